The highest BCUT2D eigenvalue weighted by Gasteiger charge is 2.44. The molecule has 1 N–H and O–H groups in total. The van der Waals surface area contributed by atoms with Crippen molar-refractivity contribution in [2.75, 3.05) is 25.0 Å². The van der Waals surface area contributed by atoms with Gasteiger partial charge in [-0.1, -0.05) is 24.6 Å². The second kappa shape index (κ2) is 8.94. The predicted octanol–water partition coefficient (Wildman–Crippen LogP) is 5.89. The predicted molar refractivity (Wildman–Crippen MR) is 118 cm³/mol. The van der Waals surface area contributed by atoms with E-state index in [-0.39, 0.29) is 17.4 Å². The normalized spacial score (nSPS) is 22.2. The van der Waals surface area contributed by atoms with E-state index >= 15 is 0 Å². The van der Waals surface area contributed by atoms with Crippen LogP contribution in [0, 0.1) is 0 Å². The molecule has 0 saturated carbocycles. The number of alkyl halides is 3. The molecule has 1 saturated heterocycles. The third kappa shape index (κ3) is 4.59. The van der Waals surface area contributed by atoms with Crippen LogP contribution in [0.4, 0.5) is 18.9 Å². The number of rotatable bonds is 4. The highest BCUT2D eigenvalue weighted by molar-refractivity contribution is 6.30. The number of halogens is 4. The Balaban J connectivity index is 1.47. The van der Waals surface area contributed by atoms with Crippen LogP contribution in [0.15, 0.2) is 42.5 Å². The fourth-order valence-electron chi connectivity index (χ4n) is 4.86. The first-order valence-corrected chi connectivity index (χ1v) is 11.2. The van der Waals surface area contributed by atoms with Crippen LogP contribution >= 0.6 is 11.6 Å². The number of likely N-dealkylation sites (tertiary alicyclic amines) is 1. The second-order valence-electron chi connectivity index (χ2n) is 8.59. The molecule has 1 spiro atoms. The van der Waals surface area contributed by atoms with Crippen molar-refractivity contribution in [3.63, 3.8) is 0 Å². The minimum absolute atomic E-state index is 0.0661. The molecule has 1 fully saturated rings. The lowest BCUT2D eigenvalue weighted by Crippen LogP contribution is -2.44. The van der Waals surface area contributed by atoms with E-state index < -0.39 is 11.7 Å². The average Bonchev–Trinajstić information content (AvgIpc) is 2.96. The fourth-order valence-corrected chi connectivity index (χ4v) is 4.98. The second-order valence-corrected chi connectivity index (χ2v) is 9.02. The average molecular weight is 467 g/mol. The molecule has 32 heavy (non-hydrogen) atoms. The van der Waals surface area contributed by atoms with Crippen LogP contribution in [-0.4, -0.2) is 36.5 Å². The van der Waals surface area contributed by atoms with Crippen molar-refractivity contribution in [3.8, 4) is 5.75 Å². The van der Waals surface area contributed by atoms with Gasteiger partial charge in [-0.25, -0.2) is 0 Å². The van der Waals surface area contributed by atoms with E-state index in [4.69, 9.17) is 16.3 Å². The van der Waals surface area contributed by atoms with Crippen LogP contribution in [0.1, 0.15) is 43.7 Å². The summed E-state index contributed by atoms with van der Waals surface area (Å²) in [5.41, 5.74) is 0.557. The molecule has 2 aliphatic heterocycles. The van der Waals surface area contributed by atoms with Crippen LogP contribution in [0.5, 0.6) is 5.75 Å². The smallest absolute Gasteiger partial charge is 0.416 e. The van der Waals surface area contributed by atoms with Gasteiger partial charge in [0.25, 0.3) is 0 Å². The minimum Gasteiger partial charge on any atom is -0.492 e. The zero-order valence-corrected chi connectivity index (χ0v) is 18.6. The molecule has 2 aliphatic rings. The Kier molecular flexibility index (Phi) is 6.41. The summed E-state index contributed by atoms with van der Waals surface area (Å²) in [5.74, 6) is 0.268. The van der Waals surface area contributed by atoms with Gasteiger partial charge in [0.15, 0.2) is 0 Å². The summed E-state index contributed by atoms with van der Waals surface area (Å²) in [6, 6.07) is 10.6. The maximum absolute atomic E-state index is 13.1. The number of fused-ring (bicyclic) bond motifs is 2. The highest BCUT2D eigenvalue weighted by Crippen LogP contribution is 2.47. The molecule has 0 aromatic heterocycles. The van der Waals surface area contributed by atoms with E-state index in [1.54, 1.807) is 30.3 Å². The Labute approximate surface area is 190 Å². The maximum atomic E-state index is 13.1. The largest absolute Gasteiger partial charge is 0.492 e. The van der Waals surface area contributed by atoms with Gasteiger partial charge >= 0.3 is 6.18 Å². The van der Waals surface area contributed by atoms with Gasteiger partial charge in [-0.05, 0) is 75.2 Å². The number of ether oxygens (including phenoxy) is 1. The summed E-state index contributed by atoms with van der Waals surface area (Å²) < 4.78 is 45.0. The van der Waals surface area contributed by atoms with Gasteiger partial charge in [-0.2, -0.15) is 13.2 Å². The molecule has 4 nitrogen and oxygen atoms in total. The zero-order chi connectivity index (χ0) is 22.9. The lowest BCUT2D eigenvalue weighted by molar-refractivity contribution is -0.137. The van der Waals surface area contributed by atoms with E-state index in [9.17, 15) is 18.0 Å². The maximum Gasteiger partial charge on any atom is 0.416 e. The van der Waals surface area contributed by atoms with E-state index in [0.29, 0.717) is 36.0 Å². The first-order chi connectivity index (χ1) is 15.2. The summed E-state index contributed by atoms with van der Waals surface area (Å²) >= 11 is 5.92. The highest BCUT2D eigenvalue weighted by atomic mass is 35.5. The first-order valence-electron chi connectivity index (χ1n) is 10.9. The van der Waals surface area contributed by atoms with E-state index in [1.807, 2.05) is 6.92 Å². The Bertz CT molecular complexity index is 980. The van der Waals surface area contributed by atoms with Crippen molar-refractivity contribution < 1.29 is 22.7 Å². The summed E-state index contributed by atoms with van der Waals surface area (Å²) in [5, 5.41) is 3.57. The molecule has 0 radical (unpaired) electrons. The molecule has 4 rings (SSSR count). The van der Waals surface area contributed by atoms with Gasteiger partial charge in [-0.15, -0.1) is 0 Å². The summed E-state index contributed by atoms with van der Waals surface area (Å²) in [6.07, 6.45) is -1.34. The number of benzene rings is 2. The zero-order valence-electron chi connectivity index (χ0n) is 17.8. The number of nitrogens with zero attached hydrogens (tertiary/aromatic N) is 1. The SMILES string of the molecule is CC[C@H](C(=O)Nc1ccc(Cl)cc1)N1CCC[C@@]2(CC1)COc1cc(C(F)(F)F)ccc12. The molecular formula is C24H26ClF3N2O2. The van der Waals surface area contributed by atoms with Crippen LogP contribution in [0.3, 0.4) is 0 Å². The molecule has 2 heterocycles. The van der Waals surface area contributed by atoms with Crippen molar-refractivity contribution in [1.29, 1.82) is 0 Å². The Morgan fingerprint density at radius 1 is 1.19 bits per heavy atom. The molecule has 1 amide bonds. The third-order valence-electron chi connectivity index (χ3n) is 6.60. The third-order valence-corrected chi connectivity index (χ3v) is 6.86. The number of carbonyl (C=O) groups is 1. The van der Waals surface area contributed by atoms with Gasteiger partial charge in [0.1, 0.15) is 5.75 Å². The molecular weight excluding hydrogens is 441 g/mol. The standard InChI is InChI=1S/C24H26ClF3N2O2/c1-2-20(22(31)29-18-7-5-17(25)6-8-18)30-12-3-10-23(11-13-30)15-32-21-14-16(24(26,27)28)4-9-19(21)23/h4-9,14,20H,2-3,10-13,15H2,1H3,(H,29,31)/t20-,23-/m1/s1. The fraction of sp³-hybridized carbons (Fsp3) is 0.458. The Hall–Kier alpha value is -2.25. The molecule has 0 aliphatic carbocycles. The van der Waals surface area contributed by atoms with E-state index in [1.165, 1.54) is 0 Å². The first kappa shape index (κ1) is 22.9. The number of hydrogen-bond donors (Lipinski definition) is 1. The van der Waals surface area contributed by atoms with Crippen LogP contribution < -0.4 is 10.1 Å². The monoisotopic (exact) mass is 466 g/mol. The van der Waals surface area contributed by atoms with E-state index in [2.05, 4.69) is 10.2 Å². The molecule has 2 aromatic rings. The van der Waals surface area contributed by atoms with Crippen molar-refractivity contribution in [2.45, 2.75) is 50.2 Å². The van der Waals surface area contributed by atoms with Gasteiger partial charge in [0.2, 0.25) is 5.91 Å². The number of anilines is 1. The van der Waals surface area contributed by atoms with Gasteiger partial charge < -0.3 is 10.1 Å². The number of nitrogens with one attached hydrogen (secondary N) is 1. The molecule has 0 bridgehead atoms. The van der Waals surface area contributed by atoms with Crippen molar-refractivity contribution in [2.24, 2.45) is 0 Å². The van der Waals surface area contributed by atoms with Gasteiger partial charge in [0.05, 0.1) is 18.2 Å². The Morgan fingerprint density at radius 3 is 2.62 bits per heavy atom. The number of amides is 1. The molecule has 2 aromatic carbocycles. The van der Waals surface area contributed by atoms with Gasteiger partial charge in [0, 0.05) is 21.7 Å². The van der Waals surface area contributed by atoms with Crippen LogP contribution in [0.25, 0.3) is 0 Å². The molecule has 2 atom stereocenters. The minimum atomic E-state index is -4.39. The summed E-state index contributed by atoms with van der Waals surface area (Å²) in [7, 11) is 0. The summed E-state index contributed by atoms with van der Waals surface area (Å²) in [6.45, 7) is 3.80. The molecule has 0 unspecified atom stereocenters. The van der Waals surface area contributed by atoms with Crippen LogP contribution in [0.2, 0.25) is 5.02 Å². The Morgan fingerprint density at radius 2 is 1.94 bits per heavy atom. The molecule has 172 valence electrons. The van der Waals surface area contributed by atoms with Crippen molar-refractivity contribution >= 4 is 23.2 Å². The number of carbonyl (C=O) groups excluding carboxylic acids is 1. The van der Waals surface area contributed by atoms with E-state index in [0.717, 1.165) is 43.5 Å². The molecule has 8 heteroatoms. The van der Waals surface area contributed by atoms with Gasteiger partial charge in [-0.3, -0.25) is 9.69 Å². The summed E-state index contributed by atoms with van der Waals surface area (Å²) in [4.78, 5) is 15.1. The van der Waals surface area contributed by atoms with Crippen molar-refractivity contribution in [1.82, 2.24) is 4.90 Å². The van der Waals surface area contributed by atoms with Crippen LogP contribution in [-0.2, 0) is 16.4 Å². The lowest BCUT2D eigenvalue weighted by Gasteiger charge is -2.30. The number of hydrogen-bond acceptors (Lipinski definition) is 3. The van der Waals surface area contributed by atoms with Crippen molar-refractivity contribution in [3.05, 3.63) is 58.6 Å². The lowest BCUT2D eigenvalue weighted by atomic mass is 9.76. The topological polar surface area (TPSA) is 41.6 Å². The quantitative estimate of drug-likeness (QED) is 0.610.